The third-order valence-electron chi connectivity index (χ3n) is 3.74. The zero-order valence-corrected chi connectivity index (χ0v) is 13.4. The van der Waals surface area contributed by atoms with Crippen LogP contribution in [0.25, 0.3) is 0 Å². The number of aryl methyl sites for hydroxylation is 1. The van der Waals surface area contributed by atoms with Crippen molar-refractivity contribution in [3.05, 3.63) is 28.2 Å². The Labute approximate surface area is 128 Å². The quantitative estimate of drug-likeness (QED) is 0.879. The molecule has 5 heteroatoms. The van der Waals surface area contributed by atoms with E-state index in [1.807, 2.05) is 25.1 Å². The van der Waals surface area contributed by atoms with E-state index < -0.39 is 0 Å². The van der Waals surface area contributed by atoms with E-state index >= 15 is 0 Å². The van der Waals surface area contributed by atoms with Gasteiger partial charge in [0.2, 0.25) is 5.91 Å². The molecule has 19 heavy (non-hydrogen) atoms. The van der Waals surface area contributed by atoms with E-state index in [0.29, 0.717) is 12.5 Å². The molecule has 1 aromatic carbocycles. The standard InChI is InChI=1S/C14H19BrN2O.ClH/c1-9-5-6-11(7-13(9)15)17-14(18)12-4-2-3-10(12)8-16;/h5-7,10,12H,2-4,8,16H2,1H3,(H,17,18);1H/t10-,12-;/m1./s1. The first-order valence-electron chi connectivity index (χ1n) is 6.39. The molecule has 1 fully saturated rings. The van der Waals surface area contributed by atoms with Gasteiger partial charge in [0, 0.05) is 16.1 Å². The fourth-order valence-electron chi connectivity index (χ4n) is 2.57. The van der Waals surface area contributed by atoms with E-state index in [9.17, 15) is 4.79 Å². The van der Waals surface area contributed by atoms with E-state index in [4.69, 9.17) is 5.73 Å². The molecule has 1 aliphatic carbocycles. The highest BCUT2D eigenvalue weighted by Crippen LogP contribution is 2.32. The van der Waals surface area contributed by atoms with Crippen LogP contribution < -0.4 is 11.1 Å². The molecule has 3 nitrogen and oxygen atoms in total. The molecule has 0 heterocycles. The summed E-state index contributed by atoms with van der Waals surface area (Å²) in [6.45, 7) is 2.63. The normalized spacial score (nSPS) is 21.8. The fourth-order valence-corrected chi connectivity index (χ4v) is 2.95. The Balaban J connectivity index is 0.00000180. The lowest BCUT2D eigenvalue weighted by molar-refractivity contribution is -0.120. The van der Waals surface area contributed by atoms with Gasteiger partial charge in [-0.05, 0) is 49.9 Å². The van der Waals surface area contributed by atoms with Crippen molar-refractivity contribution < 1.29 is 4.79 Å². The third kappa shape index (κ3) is 3.94. The highest BCUT2D eigenvalue weighted by Gasteiger charge is 2.31. The van der Waals surface area contributed by atoms with Crippen LogP contribution in [0.3, 0.4) is 0 Å². The minimum atomic E-state index is 0. The van der Waals surface area contributed by atoms with Crippen molar-refractivity contribution in [2.45, 2.75) is 26.2 Å². The van der Waals surface area contributed by atoms with Crippen LogP contribution in [0.15, 0.2) is 22.7 Å². The van der Waals surface area contributed by atoms with E-state index in [1.165, 1.54) is 0 Å². The summed E-state index contributed by atoms with van der Waals surface area (Å²) in [5.74, 6) is 0.535. The highest BCUT2D eigenvalue weighted by atomic mass is 79.9. The number of anilines is 1. The molecule has 2 atom stereocenters. The summed E-state index contributed by atoms with van der Waals surface area (Å²) in [5.41, 5.74) is 7.72. The lowest BCUT2D eigenvalue weighted by Gasteiger charge is -2.17. The van der Waals surface area contributed by atoms with Crippen LogP contribution in [0.5, 0.6) is 0 Å². The molecule has 2 rings (SSSR count). The topological polar surface area (TPSA) is 55.1 Å². The first-order chi connectivity index (χ1) is 8.61. The van der Waals surface area contributed by atoms with Crippen LogP contribution >= 0.6 is 28.3 Å². The van der Waals surface area contributed by atoms with E-state index in [2.05, 4.69) is 21.2 Å². The summed E-state index contributed by atoms with van der Waals surface area (Å²) in [6.07, 6.45) is 3.14. The Kier molecular flexibility index (Phi) is 6.30. The number of hydrogen-bond donors (Lipinski definition) is 2. The monoisotopic (exact) mass is 346 g/mol. The molecule has 1 saturated carbocycles. The highest BCUT2D eigenvalue weighted by molar-refractivity contribution is 9.10. The minimum Gasteiger partial charge on any atom is -0.330 e. The van der Waals surface area contributed by atoms with Crippen LogP contribution in [0.2, 0.25) is 0 Å². The number of halogens is 2. The molecule has 0 aromatic heterocycles. The van der Waals surface area contributed by atoms with E-state index in [0.717, 1.165) is 35.0 Å². The first-order valence-corrected chi connectivity index (χ1v) is 7.18. The van der Waals surface area contributed by atoms with Gasteiger partial charge in [-0.1, -0.05) is 28.4 Å². The molecule has 0 spiro atoms. The Bertz CT molecular complexity index is 453. The second-order valence-electron chi connectivity index (χ2n) is 4.99. The maximum absolute atomic E-state index is 12.2. The average molecular weight is 348 g/mol. The molecule has 1 aliphatic rings. The van der Waals surface area contributed by atoms with Gasteiger partial charge < -0.3 is 11.1 Å². The molecule has 3 N–H and O–H groups in total. The van der Waals surface area contributed by atoms with Crippen molar-refractivity contribution in [2.75, 3.05) is 11.9 Å². The summed E-state index contributed by atoms with van der Waals surface area (Å²) < 4.78 is 1.02. The van der Waals surface area contributed by atoms with Gasteiger partial charge in [-0.3, -0.25) is 4.79 Å². The largest absolute Gasteiger partial charge is 0.330 e. The average Bonchev–Trinajstić information content (AvgIpc) is 2.82. The van der Waals surface area contributed by atoms with Gasteiger partial charge in [-0.2, -0.15) is 0 Å². The van der Waals surface area contributed by atoms with Crippen molar-refractivity contribution in [1.29, 1.82) is 0 Å². The van der Waals surface area contributed by atoms with Gasteiger partial charge in [-0.25, -0.2) is 0 Å². The van der Waals surface area contributed by atoms with Crippen LogP contribution in [-0.2, 0) is 4.79 Å². The molecule has 0 saturated heterocycles. The van der Waals surface area contributed by atoms with Crippen molar-refractivity contribution in [3.8, 4) is 0 Å². The number of amides is 1. The van der Waals surface area contributed by atoms with E-state index in [-0.39, 0.29) is 24.2 Å². The zero-order chi connectivity index (χ0) is 13.1. The van der Waals surface area contributed by atoms with Gasteiger partial charge in [-0.15, -0.1) is 12.4 Å². The van der Waals surface area contributed by atoms with Crippen molar-refractivity contribution in [2.24, 2.45) is 17.6 Å². The van der Waals surface area contributed by atoms with Crippen molar-refractivity contribution in [3.63, 3.8) is 0 Å². The summed E-state index contributed by atoms with van der Waals surface area (Å²) >= 11 is 3.47. The second-order valence-corrected chi connectivity index (χ2v) is 5.84. The molecule has 0 unspecified atom stereocenters. The number of nitrogens with two attached hydrogens (primary N) is 1. The first kappa shape index (κ1) is 16.5. The van der Waals surface area contributed by atoms with Gasteiger partial charge >= 0.3 is 0 Å². The molecule has 1 aromatic rings. The smallest absolute Gasteiger partial charge is 0.227 e. The van der Waals surface area contributed by atoms with Crippen molar-refractivity contribution in [1.82, 2.24) is 0 Å². The van der Waals surface area contributed by atoms with Crippen LogP contribution in [0.1, 0.15) is 24.8 Å². The third-order valence-corrected chi connectivity index (χ3v) is 4.59. The summed E-state index contributed by atoms with van der Waals surface area (Å²) in [5, 5.41) is 2.99. The maximum Gasteiger partial charge on any atom is 0.227 e. The van der Waals surface area contributed by atoms with Crippen LogP contribution in [0.4, 0.5) is 5.69 Å². The number of rotatable bonds is 3. The SMILES string of the molecule is Cc1ccc(NC(=O)[C@@H]2CCC[C@@H]2CN)cc1Br.Cl. The summed E-state index contributed by atoms with van der Waals surface area (Å²) in [7, 11) is 0. The molecular formula is C14H20BrClN2O. The molecule has 0 radical (unpaired) electrons. The number of carbonyl (C=O) groups excluding carboxylic acids is 1. The summed E-state index contributed by atoms with van der Waals surface area (Å²) in [6, 6.07) is 5.87. The number of nitrogens with one attached hydrogen (secondary N) is 1. The van der Waals surface area contributed by atoms with Crippen LogP contribution in [0, 0.1) is 18.8 Å². The van der Waals surface area contributed by atoms with Gasteiger partial charge in [0.25, 0.3) is 0 Å². The number of hydrogen-bond acceptors (Lipinski definition) is 2. The zero-order valence-electron chi connectivity index (χ0n) is 11.0. The Morgan fingerprint density at radius 2 is 2.21 bits per heavy atom. The Morgan fingerprint density at radius 1 is 1.47 bits per heavy atom. The molecule has 1 amide bonds. The fraction of sp³-hybridized carbons (Fsp3) is 0.500. The van der Waals surface area contributed by atoms with Gasteiger partial charge in [0.05, 0.1) is 0 Å². The second kappa shape index (κ2) is 7.27. The predicted molar refractivity (Wildman–Crippen MR) is 84.6 cm³/mol. The number of carbonyl (C=O) groups is 1. The molecular weight excluding hydrogens is 328 g/mol. The molecule has 0 aliphatic heterocycles. The predicted octanol–water partition coefficient (Wildman–Crippen LogP) is 3.49. The minimum absolute atomic E-state index is 0. The molecule has 106 valence electrons. The lowest BCUT2D eigenvalue weighted by Crippen LogP contribution is -2.29. The summed E-state index contributed by atoms with van der Waals surface area (Å²) in [4.78, 5) is 12.2. The maximum atomic E-state index is 12.2. The molecule has 0 bridgehead atoms. The number of benzene rings is 1. The van der Waals surface area contributed by atoms with Gasteiger partial charge in [0.15, 0.2) is 0 Å². The Morgan fingerprint density at radius 3 is 2.84 bits per heavy atom. The Hall–Kier alpha value is -0.580. The van der Waals surface area contributed by atoms with Gasteiger partial charge in [0.1, 0.15) is 0 Å². The van der Waals surface area contributed by atoms with Crippen molar-refractivity contribution >= 4 is 39.9 Å². The van der Waals surface area contributed by atoms with E-state index in [1.54, 1.807) is 0 Å². The van der Waals surface area contributed by atoms with Crippen LogP contribution in [-0.4, -0.2) is 12.5 Å². The lowest BCUT2D eigenvalue weighted by atomic mass is 9.95.